The van der Waals surface area contributed by atoms with Gasteiger partial charge in [-0.1, -0.05) is 23.7 Å². The van der Waals surface area contributed by atoms with Crippen LogP contribution in [-0.4, -0.2) is 17.7 Å². The van der Waals surface area contributed by atoms with Gasteiger partial charge in [-0.15, -0.1) is 0 Å². The van der Waals surface area contributed by atoms with Crippen LogP contribution < -0.4 is 0 Å². The highest BCUT2D eigenvalue weighted by atomic mass is 35.5. The predicted molar refractivity (Wildman–Crippen MR) is 84.4 cm³/mol. The third-order valence-corrected chi connectivity index (χ3v) is 3.72. The number of para-hydroxylation sites is 1. The number of rotatable bonds is 4. The van der Waals surface area contributed by atoms with Gasteiger partial charge < -0.3 is 4.31 Å². The minimum Gasteiger partial charge on any atom is -0.306 e. The molecule has 0 N–H and O–H groups in total. The second kappa shape index (κ2) is 6.77. The highest BCUT2D eigenvalue weighted by Crippen LogP contribution is 2.24. The molecule has 0 bridgehead atoms. The van der Waals surface area contributed by atoms with Gasteiger partial charge in [0.1, 0.15) is 17.8 Å². The minimum atomic E-state index is -0.314. The van der Waals surface area contributed by atoms with Gasteiger partial charge in [0, 0.05) is 17.0 Å². The highest BCUT2D eigenvalue weighted by Gasteiger charge is 2.03. The standard InChI is InChI=1S/C15H14ClFN2S/c1-11-4-3-5-14(17)15(11)18-10-19(2)20-13-8-6-12(16)7-9-13/h3-10H,1-2H3. The van der Waals surface area contributed by atoms with Crippen LogP contribution in [0.25, 0.3) is 0 Å². The van der Waals surface area contributed by atoms with Gasteiger partial charge in [-0.3, -0.25) is 0 Å². The quantitative estimate of drug-likeness (QED) is 0.444. The molecular weight excluding hydrogens is 295 g/mol. The van der Waals surface area contributed by atoms with E-state index in [9.17, 15) is 4.39 Å². The topological polar surface area (TPSA) is 15.6 Å². The number of hydrogen-bond acceptors (Lipinski definition) is 2. The molecule has 0 aliphatic rings. The Kier molecular flexibility index (Phi) is 5.04. The average Bonchev–Trinajstić information content (AvgIpc) is 2.41. The molecule has 0 aromatic heterocycles. The van der Waals surface area contributed by atoms with Gasteiger partial charge in [0.15, 0.2) is 0 Å². The zero-order chi connectivity index (χ0) is 14.5. The molecule has 0 fully saturated rings. The van der Waals surface area contributed by atoms with Crippen LogP contribution in [0.2, 0.25) is 5.02 Å². The summed E-state index contributed by atoms with van der Waals surface area (Å²) in [7, 11) is 1.86. The molecule has 2 aromatic rings. The molecule has 20 heavy (non-hydrogen) atoms. The third kappa shape index (κ3) is 3.99. The van der Waals surface area contributed by atoms with E-state index in [0.717, 1.165) is 10.5 Å². The zero-order valence-electron chi connectivity index (χ0n) is 11.2. The number of nitrogens with zero attached hydrogens (tertiary/aromatic N) is 2. The van der Waals surface area contributed by atoms with E-state index in [4.69, 9.17) is 11.6 Å². The van der Waals surface area contributed by atoms with Gasteiger partial charge in [0.25, 0.3) is 0 Å². The second-order valence-corrected chi connectivity index (χ2v) is 5.91. The Hall–Kier alpha value is -1.52. The van der Waals surface area contributed by atoms with E-state index in [0.29, 0.717) is 10.7 Å². The number of benzene rings is 2. The molecule has 2 nitrogen and oxygen atoms in total. The molecule has 0 saturated carbocycles. The van der Waals surface area contributed by atoms with E-state index in [1.807, 2.05) is 48.6 Å². The maximum absolute atomic E-state index is 13.6. The molecule has 0 aliphatic heterocycles. The Labute approximate surface area is 127 Å². The summed E-state index contributed by atoms with van der Waals surface area (Å²) in [5.41, 5.74) is 1.18. The van der Waals surface area contributed by atoms with Gasteiger partial charge in [-0.25, -0.2) is 9.38 Å². The smallest absolute Gasteiger partial charge is 0.149 e. The van der Waals surface area contributed by atoms with Gasteiger partial charge >= 0.3 is 0 Å². The predicted octanol–water partition coefficient (Wildman–Crippen LogP) is 5.09. The summed E-state index contributed by atoms with van der Waals surface area (Å²) in [4.78, 5) is 5.23. The van der Waals surface area contributed by atoms with Crippen molar-refractivity contribution in [3.8, 4) is 0 Å². The first-order valence-electron chi connectivity index (χ1n) is 6.02. The van der Waals surface area contributed by atoms with Crippen molar-refractivity contribution in [3.05, 3.63) is 58.9 Å². The van der Waals surface area contributed by atoms with E-state index in [2.05, 4.69) is 4.99 Å². The van der Waals surface area contributed by atoms with E-state index in [1.54, 1.807) is 12.4 Å². The monoisotopic (exact) mass is 308 g/mol. The van der Waals surface area contributed by atoms with Crippen molar-refractivity contribution in [1.82, 2.24) is 4.31 Å². The van der Waals surface area contributed by atoms with E-state index in [1.165, 1.54) is 18.0 Å². The van der Waals surface area contributed by atoms with Crippen LogP contribution in [0.15, 0.2) is 52.4 Å². The lowest BCUT2D eigenvalue weighted by molar-refractivity contribution is 0.628. The van der Waals surface area contributed by atoms with Crippen LogP contribution in [-0.2, 0) is 0 Å². The molecule has 0 atom stereocenters. The SMILES string of the molecule is Cc1cccc(F)c1N=CN(C)Sc1ccc(Cl)cc1. The van der Waals surface area contributed by atoms with Gasteiger partial charge in [0.2, 0.25) is 0 Å². The fraction of sp³-hybridized carbons (Fsp3) is 0.133. The van der Waals surface area contributed by atoms with Crippen LogP contribution >= 0.6 is 23.5 Å². The summed E-state index contributed by atoms with van der Waals surface area (Å²) in [5.74, 6) is -0.314. The summed E-state index contributed by atoms with van der Waals surface area (Å²) in [6.45, 7) is 1.84. The lowest BCUT2D eigenvalue weighted by Crippen LogP contribution is -2.05. The molecule has 5 heteroatoms. The lowest BCUT2D eigenvalue weighted by Gasteiger charge is -2.11. The Balaban J connectivity index is 2.05. The maximum Gasteiger partial charge on any atom is 0.149 e. The number of halogens is 2. The van der Waals surface area contributed by atoms with Crippen LogP contribution in [0.5, 0.6) is 0 Å². The summed E-state index contributed by atoms with van der Waals surface area (Å²) < 4.78 is 15.4. The molecule has 2 aromatic carbocycles. The van der Waals surface area contributed by atoms with E-state index < -0.39 is 0 Å². The summed E-state index contributed by atoms with van der Waals surface area (Å²) in [6, 6.07) is 12.4. The fourth-order valence-electron chi connectivity index (χ4n) is 1.61. The van der Waals surface area contributed by atoms with Crippen molar-refractivity contribution in [3.63, 3.8) is 0 Å². The first-order chi connectivity index (χ1) is 9.56. The Morgan fingerprint density at radius 3 is 2.55 bits per heavy atom. The molecular formula is C15H14ClFN2S. The molecule has 0 radical (unpaired) electrons. The van der Waals surface area contributed by atoms with Crippen molar-refractivity contribution in [2.45, 2.75) is 11.8 Å². The van der Waals surface area contributed by atoms with Crippen LogP contribution in [0, 0.1) is 12.7 Å². The molecule has 0 aliphatic carbocycles. The summed E-state index contributed by atoms with van der Waals surface area (Å²) in [5, 5.41) is 0.702. The maximum atomic E-state index is 13.6. The average molecular weight is 309 g/mol. The van der Waals surface area contributed by atoms with Crippen molar-refractivity contribution in [1.29, 1.82) is 0 Å². The Morgan fingerprint density at radius 2 is 1.90 bits per heavy atom. The van der Waals surface area contributed by atoms with Crippen LogP contribution in [0.4, 0.5) is 10.1 Å². The van der Waals surface area contributed by atoms with Gasteiger partial charge in [-0.2, -0.15) is 0 Å². The van der Waals surface area contributed by atoms with Crippen molar-refractivity contribution in [2.24, 2.45) is 4.99 Å². The van der Waals surface area contributed by atoms with Gasteiger partial charge in [-0.05, 0) is 54.8 Å². The number of hydrogen-bond donors (Lipinski definition) is 0. The lowest BCUT2D eigenvalue weighted by atomic mass is 10.2. The van der Waals surface area contributed by atoms with Crippen LogP contribution in [0.3, 0.4) is 0 Å². The molecule has 0 unspecified atom stereocenters. The van der Waals surface area contributed by atoms with E-state index >= 15 is 0 Å². The summed E-state index contributed by atoms with van der Waals surface area (Å²) in [6.07, 6.45) is 1.60. The minimum absolute atomic E-state index is 0.314. The van der Waals surface area contributed by atoms with Crippen LogP contribution in [0.1, 0.15) is 5.56 Å². The molecule has 104 valence electrons. The molecule has 0 spiro atoms. The Morgan fingerprint density at radius 1 is 1.20 bits per heavy atom. The number of aryl methyl sites for hydroxylation is 1. The molecule has 0 amide bonds. The molecule has 0 heterocycles. The third-order valence-electron chi connectivity index (χ3n) is 2.60. The van der Waals surface area contributed by atoms with E-state index in [-0.39, 0.29) is 5.82 Å². The second-order valence-electron chi connectivity index (χ2n) is 4.24. The fourth-order valence-corrected chi connectivity index (χ4v) is 2.42. The highest BCUT2D eigenvalue weighted by molar-refractivity contribution is 7.97. The van der Waals surface area contributed by atoms with Crippen molar-refractivity contribution < 1.29 is 4.39 Å². The molecule has 0 saturated heterocycles. The Bertz CT molecular complexity index is 594. The van der Waals surface area contributed by atoms with Gasteiger partial charge in [0.05, 0.1) is 0 Å². The molecule has 2 rings (SSSR count). The van der Waals surface area contributed by atoms with Crippen molar-refractivity contribution >= 4 is 35.6 Å². The normalized spacial score (nSPS) is 11.0. The summed E-state index contributed by atoms with van der Waals surface area (Å²) >= 11 is 7.32. The largest absolute Gasteiger partial charge is 0.306 e. The first kappa shape index (κ1) is 14.9. The zero-order valence-corrected chi connectivity index (χ0v) is 12.7. The van der Waals surface area contributed by atoms with Crippen molar-refractivity contribution in [2.75, 3.05) is 7.05 Å². The first-order valence-corrected chi connectivity index (χ1v) is 7.17. The number of aliphatic imine (C=N–C) groups is 1.